The zero-order chi connectivity index (χ0) is 20.7. The lowest BCUT2D eigenvalue weighted by atomic mass is 9.88. The molecule has 29 heavy (non-hydrogen) atoms. The molecule has 0 bridgehead atoms. The molecule has 152 valence electrons. The van der Waals surface area contributed by atoms with Crippen LogP contribution in [0.25, 0.3) is 0 Å². The summed E-state index contributed by atoms with van der Waals surface area (Å²) in [4.78, 5) is 13.0. The molecule has 1 amide bonds. The van der Waals surface area contributed by atoms with E-state index >= 15 is 0 Å². The van der Waals surface area contributed by atoms with E-state index in [4.69, 9.17) is 16.1 Å². The molecule has 0 saturated carbocycles. The molecule has 2 heterocycles. The molecule has 0 radical (unpaired) electrons. The minimum atomic E-state index is -0.242. The Labute approximate surface area is 175 Å². The summed E-state index contributed by atoms with van der Waals surface area (Å²) in [5, 5.41) is 12.5. The molecule has 2 atom stereocenters. The largest absolute Gasteiger partial charge is 0.360 e. The maximum atomic E-state index is 13.0. The summed E-state index contributed by atoms with van der Waals surface area (Å²) in [6, 6.07) is 7.74. The smallest absolute Gasteiger partial charge is 0.278 e. The van der Waals surface area contributed by atoms with Crippen LogP contribution in [0, 0.1) is 13.8 Å². The van der Waals surface area contributed by atoms with Crippen LogP contribution in [0.5, 0.6) is 0 Å². The minimum Gasteiger partial charge on any atom is -0.360 e. The maximum absolute atomic E-state index is 13.0. The number of carbonyl (C=O) groups excluding carboxylic acids is 1. The van der Waals surface area contributed by atoms with Gasteiger partial charge < -0.3 is 9.84 Å². The highest BCUT2D eigenvalue weighted by molar-refractivity contribution is 6.30. The first-order chi connectivity index (χ1) is 13.9. The first-order valence-electron chi connectivity index (χ1n) is 9.97. The molecule has 0 saturated heterocycles. The minimum absolute atomic E-state index is 0.0114. The summed E-state index contributed by atoms with van der Waals surface area (Å²) in [6.07, 6.45) is 2.94. The van der Waals surface area contributed by atoms with E-state index in [9.17, 15) is 4.79 Å². The molecular formula is C22H25ClN4O2. The predicted molar refractivity (Wildman–Crippen MR) is 113 cm³/mol. The number of rotatable bonds is 4. The second-order valence-electron chi connectivity index (χ2n) is 7.84. The fourth-order valence-electron chi connectivity index (χ4n) is 4.12. The van der Waals surface area contributed by atoms with Gasteiger partial charge in [0.05, 0.1) is 23.1 Å². The summed E-state index contributed by atoms with van der Waals surface area (Å²) in [7, 11) is 0. The van der Waals surface area contributed by atoms with Gasteiger partial charge in [0.2, 0.25) is 0 Å². The number of nitrogens with one attached hydrogen (secondary N) is 1. The van der Waals surface area contributed by atoms with Gasteiger partial charge in [-0.05, 0) is 57.7 Å². The number of aryl methyl sites for hydroxylation is 1. The first-order valence-corrected chi connectivity index (χ1v) is 10.4. The van der Waals surface area contributed by atoms with Crippen LogP contribution in [0.15, 0.2) is 28.8 Å². The van der Waals surface area contributed by atoms with E-state index in [1.807, 2.05) is 42.8 Å². The van der Waals surface area contributed by atoms with Crippen molar-refractivity contribution in [3.05, 3.63) is 63.3 Å². The molecular weight excluding hydrogens is 388 g/mol. The van der Waals surface area contributed by atoms with Crippen LogP contribution in [0.3, 0.4) is 0 Å². The Morgan fingerprint density at radius 2 is 2.03 bits per heavy atom. The van der Waals surface area contributed by atoms with Crippen molar-refractivity contribution < 1.29 is 9.32 Å². The number of nitrogens with zero attached hydrogens (tertiary/aromatic N) is 3. The molecule has 1 aliphatic rings. The van der Waals surface area contributed by atoms with Crippen LogP contribution in [-0.4, -0.2) is 20.8 Å². The Kier molecular flexibility index (Phi) is 5.21. The summed E-state index contributed by atoms with van der Waals surface area (Å²) < 4.78 is 7.41. The van der Waals surface area contributed by atoms with Crippen LogP contribution < -0.4 is 5.32 Å². The van der Waals surface area contributed by atoms with Crippen LogP contribution in [0.1, 0.15) is 77.4 Å². The van der Waals surface area contributed by atoms with Gasteiger partial charge in [-0.15, -0.1) is 0 Å². The molecule has 0 fully saturated rings. The topological polar surface area (TPSA) is 73.0 Å². The summed E-state index contributed by atoms with van der Waals surface area (Å²) in [5.41, 5.74) is 4.81. The van der Waals surface area contributed by atoms with E-state index < -0.39 is 0 Å². The highest BCUT2D eigenvalue weighted by Gasteiger charge is 2.29. The van der Waals surface area contributed by atoms with Crippen molar-refractivity contribution in [3.8, 4) is 0 Å². The third-order valence-electron chi connectivity index (χ3n) is 5.83. The number of halogens is 1. The molecule has 6 nitrogen and oxygen atoms in total. The fraction of sp³-hybridized carbons (Fsp3) is 0.409. The third-order valence-corrected chi connectivity index (χ3v) is 6.08. The van der Waals surface area contributed by atoms with Gasteiger partial charge >= 0.3 is 0 Å². The lowest BCUT2D eigenvalue weighted by molar-refractivity contribution is 0.101. The van der Waals surface area contributed by atoms with Crippen molar-refractivity contribution in [2.45, 2.75) is 58.9 Å². The van der Waals surface area contributed by atoms with Crippen molar-refractivity contribution >= 4 is 23.2 Å². The van der Waals surface area contributed by atoms with Crippen molar-refractivity contribution in [2.75, 3.05) is 5.32 Å². The van der Waals surface area contributed by atoms with E-state index in [1.165, 1.54) is 0 Å². The van der Waals surface area contributed by atoms with Crippen LogP contribution in [0.2, 0.25) is 5.02 Å². The van der Waals surface area contributed by atoms with Gasteiger partial charge in [-0.2, -0.15) is 5.10 Å². The highest BCUT2D eigenvalue weighted by Crippen LogP contribution is 2.34. The maximum Gasteiger partial charge on any atom is 0.278 e. The number of aromatic nitrogens is 3. The molecule has 7 heteroatoms. The van der Waals surface area contributed by atoms with Gasteiger partial charge in [-0.25, -0.2) is 0 Å². The lowest BCUT2D eigenvalue weighted by Gasteiger charge is -2.16. The van der Waals surface area contributed by atoms with Crippen LogP contribution >= 0.6 is 11.6 Å². The summed E-state index contributed by atoms with van der Waals surface area (Å²) >= 11 is 6.01. The molecule has 2 aromatic heterocycles. The first kappa shape index (κ1) is 19.7. The standard InChI is InChI=1S/C22H25ClN4O2/c1-12-6-5-7-18-20(26-29-21(12)18)22(28)24-19-13(2)25-27(15(19)4)14(3)16-8-10-17(23)11-9-16/h8-12,14H,5-7H2,1-4H3,(H,24,28). The van der Waals surface area contributed by atoms with E-state index in [0.29, 0.717) is 16.6 Å². The third kappa shape index (κ3) is 3.57. The lowest BCUT2D eigenvalue weighted by Crippen LogP contribution is -2.17. The molecule has 1 aromatic carbocycles. The van der Waals surface area contributed by atoms with Crippen molar-refractivity contribution in [1.82, 2.24) is 14.9 Å². The SMILES string of the molecule is Cc1nn(C(C)c2ccc(Cl)cc2)c(C)c1NC(=O)c1noc2c1CCCC2C. The predicted octanol–water partition coefficient (Wildman–Crippen LogP) is 5.44. The number of fused-ring (bicyclic) bond motifs is 1. The monoisotopic (exact) mass is 412 g/mol. The number of benzene rings is 1. The normalized spacial score (nSPS) is 17.1. The molecule has 4 rings (SSSR count). The molecule has 1 N–H and O–H groups in total. The molecule has 0 aliphatic heterocycles. The number of carbonyl (C=O) groups is 1. The van der Waals surface area contributed by atoms with E-state index in [1.54, 1.807) is 0 Å². The van der Waals surface area contributed by atoms with Crippen LogP contribution in [-0.2, 0) is 6.42 Å². The van der Waals surface area contributed by atoms with Gasteiger partial charge in [0.25, 0.3) is 5.91 Å². The van der Waals surface area contributed by atoms with Crippen LogP contribution in [0.4, 0.5) is 5.69 Å². The average Bonchev–Trinajstić information content (AvgIpc) is 3.25. The van der Waals surface area contributed by atoms with Crippen molar-refractivity contribution in [3.63, 3.8) is 0 Å². The molecule has 0 spiro atoms. The molecule has 1 aliphatic carbocycles. The van der Waals surface area contributed by atoms with Gasteiger partial charge in [0.15, 0.2) is 5.69 Å². The second-order valence-corrected chi connectivity index (χ2v) is 8.28. The summed E-state index contributed by atoms with van der Waals surface area (Å²) in [6.45, 7) is 8.04. The van der Waals surface area contributed by atoms with Gasteiger partial charge in [-0.3, -0.25) is 9.48 Å². The molecule has 3 aromatic rings. The second kappa shape index (κ2) is 7.67. The van der Waals surface area contributed by atoms with E-state index in [0.717, 1.165) is 53.2 Å². The Morgan fingerprint density at radius 3 is 2.76 bits per heavy atom. The average molecular weight is 413 g/mol. The van der Waals surface area contributed by atoms with E-state index in [-0.39, 0.29) is 11.9 Å². The fourth-order valence-corrected chi connectivity index (χ4v) is 4.25. The number of anilines is 1. The molecule has 2 unspecified atom stereocenters. The Balaban J connectivity index is 1.60. The zero-order valence-corrected chi connectivity index (χ0v) is 17.9. The van der Waals surface area contributed by atoms with Gasteiger partial charge in [0, 0.05) is 16.5 Å². The summed E-state index contributed by atoms with van der Waals surface area (Å²) in [5.74, 6) is 0.912. The Bertz CT molecular complexity index is 1050. The van der Waals surface area contributed by atoms with Gasteiger partial charge in [-0.1, -0.05) is 35.8 Å². The number of hydrogen-bond acceptors (Lipinski definition) is 4. The van der Waals surface area contributed by atoms with E-state index in [2.05, 4.69) is 29.4 Å². The van der Waals surface area contributed by atoms with Crippen molar-refractivity contribution in [1.29, 1.82) is 0 Å². The highest BCUT2D eigenvalue weighted by atomic mass is 35.5. The quantitative estimate of drug-likeness (QED) is 0.618. The van der Waals surface area contributed by atoms with Gasteiger partial charge in [0.1, 0.15) is 5.76 Å². The Morgan fingerprint density at radius 1 is 1.31 bits per heavy atom. The Hall–Kier alpha value is -2.60. The van der Waals surface area contributed by atoms with Crippen molar-refractivity contribution in [2.24, 2.45) is 0 Å². The number of amides is 1. The zero-order valence-electron chi connectivity index (χ0n) is 17.1. The number of hydrogen-bond donors (Lipinski definition) is 1.